The lowest BCUT2D eigenvalue weighted by atomic mass is 10.1. The van der Waals surface area contributed by atoms with Crippen LogP contribution in [0, 0.1) is 0 Å². The van der Waals surface area contributed by atoms with Crippen LogP contribution in [0.3, 0.4) is 0 Å². The highest BCUT2D eigenvalue weighted by Gasteiger charge is 2.33. The van der Waals surface area contributed by atoms with E-state index >= 15 is 0 Å². The Labute approximate surface area is 184 Å². The molecule has 3 rings (SSSR count). The van der Waals surface area contributed by atoms with Gasteiger partial charge in [0.2, 0.25) is 0 Å². The molecule has 0 aliphatic carbocycles. The SMILES string of the molecule is C/C(=N\Nc1cc(C(F)(F)F)nc(-c2ccncc2)n1)c1cccc(OCCN(C)C)c1. The summed E-state index contributed by atoms with van der Waals surface area (Å²) in [7, 11) is 3.92. The Kier molecular flexibility index (Phi) is 7.37. The average Bonchev–Trinajstić information content (AvgIpc) is 2.77. The van der Waals surface area contributed by atoms with Gasteiger partial charge in [-0.25, -0.2) is 9.97 Å². The van der Waals surface area contributed by atoms with Crippen molar-refractivity contribution in [2.45, 2.75) is 13.1 Å². The minimum Gasteiger partial charge on any atom is -0.492 e. The van der Waals surface area contributed by atoms with E-state index in [0.717, 1.165) is 18.2 Å². The van der Waals surface area contributed by atoms with Crippen LogP contribution < -0.4 is 10.2 Å². The highest BCUT2D eigenvalue weighted by molar-refractivity contribution is 5.99. The first-order chi connectivity index (χ1) is 15.2. The van der Waals surface area contributed by atoms with Gasteiger partial charge in [0, 0.05) is 36.1 Å². The van der Waals surface area contributed by atoms with Gasteiger partial charge in [-0.1, -0.05) is 12.1 Å². The quantitative estimate of drug-likeness (QED) is 0.412. The number of aromatic nitrogens is 3. The molecule has 0 fully saturated rings. The number of hydrogen-bond acceptors (Lipinski definition) is 7. The maximum absolute atomic E-state index is 13.3. The van der Waals surface area contributed by atoms with Gasteiger partial charge >= 0.3 is 6.18 Å². The molecule has 2 heterocycles. The summed E-state index contributed by atoms with van der Waals surface area (Å²) in [6, 6.07) is 11.2. The summed E-state index contributed by atoms with van der Waals surface area (Å²) in [6.07, 6.45) is -1.71. The maximum Gasteiger partial charge on any atom is 0.433 e. The molecule has 10 heteroatoms. The summed E-state index contributed by atoms with van der Waals surface area (Å²) in [6.45, 7) is 3.04. The lowest BCUT2D eigenvalue weighted by molar-refractivity contribution is -0.141. The molecule has 1 N–H and O–H groups in total. The highest BCUT2D eigenvalue weighted by Crippen LogP contribution is 2.30. The van der Waals surface area contributed by atoms with Crippen molar-refractivity contribution in [2.24, 2.45) is 5.10 Å². The zero-order chi connectivity index (χ0) is 23.1. The Morgan fingerprint density at radius 1 is 1.09 bits per heavy atom. The molecule has 0 aliphatic heterocycles. The number of likely N-dealkylation sites (N-methyl/N-ethyl adjacent to an activating group) is 1. The van der Waals surface area contributed by atoms with E-state index in [1.165, 1.54) is 24.5 Å². The van der Waals surface area contributed by atoms with Crippen LogP contribution in [0.15, 0.2) is 60.0 Å². The van der Waals surface area contributed by atoms with Gasteiger partial charge in [-0.15, -0.1) is 0 Å². The first-order valence-corrected chi connectivity index (χ1v) is 9.77. The molecule has 32 heavy (non-hydrogen) atoms. The number of benzene rings is 1. The monoisotopic (exact) mass is 444 g/mol. The zero-order valence-electron chi connectivity index (χ0n) is 17.9. The van der Waals surface area contributed by atoms with E-state index in [0.29, 0.717) is 23.6 Å². The number of alkyl halides is 3. The fourth-order valence-electron chi connectivity index (χ4n) is 2.64. The average molecular weight is 444 g/mol. The number of anilines is 1. The van der Waals surface area contributed by atoms with Crippen molar-refractivity contribution >= 4 is 11.5 Å². The minimum atomic E-state index is -4.63. The van der Waals surface area contributed by atoms with Gasteiger partial charge in [0.15, 0.2) is 17.3 Å². The number of nitrogens with one attached hydrogen (secondary N) is 1. The number of hydrazone groups is 1. The van der Waals surface area contributed by atoms with Gasteiger partial charge in [0.05, 0.1) is 5.71 Å². The van der Waals surface area contributed by atoms with Crippen LogP contribution in [0.4, 0.5) is 19.0 Å². The van der Waals surface area contributed by atoms with Gasteiger partial charge in [-0.05, 0) is 45.3 Å². The molecular weight excluding hydrogens is 421 g/mol. The van der Waals surface area contributed by atoms with Gasteiger partial charge in [0.25, 0.3) is 0 Å². The van der Waals surface area contributed by atoms with E-state index in [1.807, 2.05) is 43.3 Å². The third-order valence-corrected chi connectivity index (χ3v) is 4.35. The Morgan fingerprint density at radius 2 is 1.84 bits per heavy atom. The Balaban J connectivity index is 1.82. The summed E-state index contributed by atoms with van der Waals surface area (Å²) in [5, 5.41) is 4.21. The standard InChI is InChI=1S/C22H23F3N6O/c1-15(17-5-4-6-18(13-17)32-12-11-31(2)3)29-30-20-14-19(22(23,24)25)27-21(28-20)16-7-9-26-10-8-16/h4-10,13-14H,11-12H2,1-3H3,(H,27,28,30)/b29-15+. The predicted molar refractivity (Wildman–Crippen MR) is 117 cm³/mol. The van der Waals surface area contributed by atoms with Gasteiger partial charge in [0.1, 0.15) is 12.4 Å². The molecule has 168 valence electrons. The number of ether oxygens (including phenoxy) is 1. The van der Waals surface area contributed by atoms with Crippen LogP contribution in [-0.4, -0.2) is 52.8 Å². The van der Waals surface area contributed by atoms with Crippen molar-refractivity contribution < 1.29 is 17.9 Å². The summed E-state index contributed by atoms with van der Waals surface area (Å²) in [5.41, 5.74) is 3.29. The van der Waals surface area contributed by atoms with E-state index < -0.39 is 11.9 Å². The number of halogens is 3. The highest BCUT2D eigenvalue weighted by atomic mass is 19.4. The van der Waals surface area contributed by atoms with Crippen LogP contribution in [0.5, 0.6) is 5.75 Å². The molecule has 0 aliphatic rings. The first-order valence-electron chi connectivity index (χ1n) is 9.77. The van der Waals surface area contributed by atoms with Gasteiger partial charge in [-0.3, -0.25) is 10.4 Å². The summed E-state index contributed by atoms with van der Waals surface area (Å²) >= 11 is 0. The van der Waals surface area contributed by atoms with Crippen LogP contribution in [-0.2, 0) is 6.18 Å². The molecule has 0 saturated carbocycles. The van der Waals surface area contributed by atoms with Gasteiger partial charge < -0.3 is 9.64 Å². The Morgan fingerprint density at radius 3 is 2.53 bits per heavy atom. The lowest BCUT2D eigenvalue weighted by Crippen LogP contribution is -2.19. The van der Waals surface area contributed by atoms with Crippen LogP contribution in [0.1, 0.15) is 18.2 Å². The van der Waals surface area contributed by atoms with E-state index in [2.05, 4.69) is 25.5 Å². The van der Waals surface area contributed by atoms with Crippen molar-refractivity contribution in [3.05, 3.63) is 66.1 Å². The molecule has 0 bridgehead atoms. The summed E-state index contributed by atoms with van der Waals surface area (Å²) in [5.74, 6) is 0.533. The third-order valence-electron chi connectivity index (χ3n) is 4.35. The molecule has 0 unspecified atom stereocenters. The van der Waals surface area contributed by atoms with E-state index in [-0.39, 0.29) is 11.6 Å². The number of pyridine rings is 1. The second-order valence-electron chi connectivity index (χ2n) is 7.18. The topological polar surface area (TPSA) is 75.5 Å². The van der Waals surface area contributed by atoms with Crippen molar-refractivity contribution in [1.29, 1.82) is 0 Å². The Hall–Kier alpha value is -3.53. The van der Waals surface area contributed by atoms with Crippen LogP contribution >= 0.6 is 0 Å². The second-order valence-corrected chi connectivity index (χ2v) is 7.18. The molecule has 0 amide bonds. The molecule has 3 aromatic rings. The fourth-order valence-corrected chi connectivity index (χ4v) is 2.64. The third kappa shape index (κ3) is 6.48. The van der Waals surface area contributed by atoms with Crippen LogP contribution in [0.2, 0.25) is 0 Å². The maximum atomic E-state index is 13.3. The zero-order valence-corrected chi connectivity index (χ0v) is 17.9. The second kappa shape index (κ2) is 10.2. The molecule has 0 atom stereocenters. The van der Waals surface area contributed by atoms with E-state index in [9.17, 15) is 13.2 Å². The molecule has 0 spiro atoms. The molecule has 0 radical (unpaired) electrons. The number of rotatable bonds is 8. The molecule has 7 nitrogen and oxygen atoms in total. The van der Waals surface area contributed by atoms with Crippen molar-refractivity contribution in [2.75, 3.05) is 32.7 Å². The molecule has 0 saturated heterocycles. The van der Waals surface area contributed by atoms with E-state index in [1.54, 1.807) is 6.92 Å². The van der Waals surface area contributed by atoms with Crippen molar-refractivity contribution in [3.63, 3.8) is 0 Å². The number of hydrogen-bond donors (Lipinski definition) is 1. The van der Waals surface area contributed by atoms with E-state index in [4.69, 9.17) is 4.74 Å². The van der Waals surface area contributed by atoms with Gasteiger partial charge in [-0.2, -0.15) is 18.3 Å². The lowest BCUT2D eigenvalue weighted by Gasteiger charge is -2.12. The first kappa shape index (κ1) is 23.1. The molecule has 2 aromatic heterocycles. The summed E-state index contributed by atoms with van der Waals surface area (Å²) < 4.78 is 45.7. The largest absolute Gasteiger partial charge is 0.492 e. The van der Waals surface area contributed by atoms with Crippen molar-refractivity contribution in [3.8, 4) is 17.1 Å². The predicted octanol–water partition coefficient (Wildman–Crippen LogP) is 4.33. The summed E-state index contributed by atoms with van der Waals surface area (Å²) in [4.78, 5) is 13.7. The normalized spacial score (nSPS) is 12.2. The minimum absolute atomic E-state index is 0.0723. The molecule has 1 aromatic carbocycles. The smallest absolute Gasteiger partial charge is 0.433 e. The van der Waals surface area contributed by atoms with Crippen LogP contribution in [0.25, 0.3) is 11.4 Å². The fraction of sp³-hybridized carbons (Fsp3) is 0.273. The number of nitrogens with zero attached hydrogens (tertiary/aromatic N) is 5. The Bertz CT molecular complexity index is 1070. The molecular formula is C22H23F3N6O. The van der Waals surface area contributed by atoms with Crippen molar-refractivity contribution in [1.82, 2.24) is 19.9 Å².